The standard InChI is InChI=1S/C23H36N6O4/c1-15-5-7-17(8-6-15)25-23(31)18-13-19(29(32)33)21(24-14-20(30)27(3)4)26-22(18)28-11-9-16(2)10-12-28/h13,15-17H,5-12,14H2,1-4H3,(H,24,26)(H,25,31)/t15-,17-. The summed E-state index contributed by atoms with van der Waals surface area (Å²) in [5.74, 6) is 1.13. The van der Waals surface area contributed by atoms with Crippen molar-refractivity contribution in [3.05, 3.63) is 21.7 Å². The zero-order valence-electron chi connectivity index (χ0n) is 20.1. The third-order valence-corrected chi connectivity index (χ3v) is 6.76. The van der Waals surface area contributed by atoms with Crippen LogP contribution in [-0.2, 0) is 4.79 Å². The summed E-state index contributed by atoms with van der Waals surface area (Å²) in [6.07, 6.45) is 5.85. The molecular weight excluding hydrogens is 424 g/mol. The van der Waals surface area contributed by atoms with Crippen molar-refractivity contribution in [2.75, 3.05) is 43.9 Å². The minimum absolute atomic E-state index is 0.00635. The van der Waals surface area contributed by atoms with Gasteiger partial charge in [-0.15, -0.1) is 0 Å². The minimum atomic E-state index is -0.559. The maximum absolute atomic E-state index is 13.3. The number of aromatic nitrogens is 1. The molecule has 1 aromatic heterocycles. The van der Waals surface area contributed by atoms with E-state index in [4.69, 9.17) is 0 Å². The van der Waals surface area contributed by atoms with Gasteiger partial charge in [0.25, 0.3) is 5.91 Å². The molecule has 1 saturated heterocycles. The fourth-order valence-corrected chi connectivity index (χ4v) is 4.38. The molecule has 2 aliphatic rings. The van der Waals surface area contributed by atoms with Crippen LogP contribution in [0.25, 0.3) is 0 Å². The van der Waals surface area contributed by atoms with Crippen LogP contribution in [0.1, 0.15) is 62.7 Å². The lowest BCUT2D eigenvalue weighted by molar-refractivity contribution is -0.384. The van der Waals surface area contributed by atoms with E-state index in [1.54, 1.807) is 14.1 Å². The Balaban J connectivity index is 1.93. The number of hydrogen-bond acceptors (Lipinski definition) is 7. The summed E-state index contributed by atoms with van der Waals surface area (Å²) in [6, 6.07) is 1.38. The first kappa shape index (κ1) is 24.7. The highest BCUT2D eigenvalue weighted by Crippen LogP contribution is 2.33. The third-order valence-electron chi connectivity index (χ3n) is 6.76. The quantitative estimate of drug-likeness (QED) is 0.474. The summed E-state index contributed by atoms with van der Waals surface area (Å²) in [5, 5.41) is 17.7. The minimum Gasteiger partial charge on any atom is -0.356 e. The summed E-state index contributed by atoms with van der Waals surface area (Å²) in [5.41, 5.74) is -0.0857. The van der Waals surface area contributed by atoms with Gasteiger partial charge in [-0.25, -0.2) is 4.98 Å². The maximum Gasteiger partial charge on any atom is 0.312 e. The van der Waals surface area contributed by atoms with Gasteiger partial charge in [-0.3, -0.25) is 19.7 Å². The van der Waals surface area contributed by atoms with E-state index < -0.39 is 4.92 Å². The van der Waals surface area contributed by atoms with Crippen molar-refractivity contribution < 1.29 is 14.5 Å². The molecule has 0 atom stereocenters. The Morgan fingerprint density at radius 2 is 1.73 bits per heavy atom. The Kier molecular flexibility index (Phi) is 8.10. The Morgan fingerprint density at radius 1 is 1.12 bits per heavy atom. The highest BCUT2D eigenvalue weighted by atomic mass is 16.6. The van der Waals surface area contributed by atoms with E-state index >= 15 is 0 Å². The molecule has 1 aromatic rings. The van der Waals surface area contributed by atoms with Crippen LogP contribution in [0, 0.1) is 22.0 Å². The van der Waals surface area contributed by atoms with Crippen molar-refractivity contribution in [3.8, 4) is 0 Å². The molecule has 10 nitrogen and oxygen atoms in total. The van der Waals surface area contributed by atoms with E-state index in [0.717, 1.165) is 51.6 Å². The number of nitro groups is 1. The molecular formula is C23H36N6O4. The summed E-state index contributed by atoms with van der Waals surface area (Å²) in [7, 11) is 3.23. The summed E-state index contributed by atoms with van der Waals surface area (Å²) < 4.78 is 0. The van der Waals surface area contributed by atoms with Gasteiger partial charge < -0.3 is 20.4 Å². The molecule has 1 saturated carbocycles. The molecule has 1 aliphatic heterocycles. The predicted molar refractivity (Wildman–Crippen MR) is 128 cm³/mol. The molecule has 0 bridgehead atoms. The Labute approximate surface area is 195 Å². The van der Waals surface area contributed by atoms with Crippen molar-refractivity contribution in [3.63, 3.8) is 0 Å². The Bertz CT molecular complexity index is 874. The van der Waals surface area contributed by atoms with Gasteiger partial charge in [0.1, 0.15) is 5.82 Å². The van der Waals surface area contributed by atoms with Gasteiger partial charge in [-0.2, -0.15) is 0 Å². The SMILES string of the molecule is CC1CCN(c2nc(NCC(=O)N(C)C)c([N+](=O)[O-])cc2C(=O)N[C@H]2CC[C@H](C)CC2)CC1. The van der Waals surface area contributed by atoms with E-state index in [-0.39, 0.29) is 41.5 Å². The molecule has 2 N–H and O–H groups in total. The number of piperidine rings is 1. The lowest BCUT2D eigenvalue weighted by Gasteiger charge is -2.33. The van der Waals surface area contributed by atoms with E-state index in [9.17, 15) is 19.7 Å². The van der Waals surface area contributed by atoms with Gasteiger partial charge in [0.15, 0.2) is 0 Å². The normalized spacial score (nSPS) is 21.4. The monoisotopic (exact) mass is 460 g/mol. The number of hydrogen-bond donors (Lipinski definition) is 2. The second kappa shape index (κ2) is 10.8. The lowest BCUT2D eigenvalue weighted by Crippen LogP contribution is -2.40. The van der Waals surface area contributed by atoms with Crippen LogP contribution in [0.5, 0.6) is 0 Å². The molecule has 0 unspecified atom stereocenters. The van der Waals surface area contributed by atoms with E-state index in [1.807, 2.05) is 4.90 Å². The van der Waals surface area contributed by atoms with Gasteiger partial charge in [-0.05, 0) is 50.4 Å². The van der Waals surface area contributed by atoms with Gasteiger partial charge in [0.05, 0.1) is 17.0 Å². The maximum atomic E-state index is 13.3. The fourth-order valence-electron chi connectivity index (χ4n) is 4.38. The topological polar surface area (TPSA) is 121 Å². The van der Waals surface area contributed by atoms with Crippen LogP contribution in [0.2, 0.25) is 0 Å². The number of rotatable bonds is 7. The second-order valence-corrected chi connectivity index (χ2v) is 9.73. The number of anilines is 2. The number of pyridine rings is 1. The summed E-state index contributed by atoms with van der Waals surface area (Å²) in [6.45, 7) is 5.74. The number of likely N-dealkylation sites (N-methyl/N-ethyl adjacent to an activating group) is 1. The molecule has 182 valence electrons. The highest BCUT2D eigenvalue weighted by molar-refractivity contribution is 6.00. The molecule has 2 heterocycles. The zero-order valence-corrected chi connectivity index (χ0v) is 20.1. The number of carbonyl (C=O) groups excluding carboxylic acids is 2. The molecule has 2 fully saturated rings. The predicted octanol–water partition coefficient (Wildman–Crippen LogP) is 3.03. The molecule has 0 aromatic carbocycles. The van der Waals surface area contributed by atoms with Crippen LogP contribution in [0.15, 0.2) is 6.07 Å². The van der Waals surface area contributed by atoms with Crippen molar-refractivity contribution in [1.29, 1.82) is 0 Å². The first-order valence-corrected chi connectivity index (χ1v) is 11.8. The molecule has 1 aliphatic carbocycles. The average molecular weight is 461 g/mol. The number of nitrogens with zero attached hydrogens (tertiary/aromatic N) is 4. The number of nitrogens with one attached hydrogen (secondary N) is 2. The molecule has 10 heteroatoms. The average Bonchev–Trinajstić information content (AvgIpc) is 2.78. The fraction of sp³-hybridized carbons (Fsp3) is 0.696. The van der Waals surface area contributed by atoms with E-state index in [2.05, 4.69) is 29.5 Å². The van der Waals surface area contributed by atoms with Gasteiger partial charge in [-0.1, -0.05) is 13.8 Å². The van der Waals surface area contributed by atoms with E-state index in [1.165, 1.54) is 11.0 Å². The third kappa shape index (κ3) is 6.33. The van der Waals surface area contributed by atoms with Crippen LogP contribution in [0.3, 0.4) is 0 Å². The van der Waals surface area contributed by atoms with Crippen LogP contribution in [-0.4, -0.2) is 66.4 Å². The van der Waals surface area contributed by atoms with Crippen molar-refractivity contribution in [1.82, 2.24) is 15.2 Å². The largest absolute Gasteiger partial charge is 0.356 e. The zero-order chi connectivity index (χ0) is 24.1. The summed E-state index contributed by atoms with van der Waals surface area (Å²) >= 11 is 0. The Morgan fingerprint density at radius 3 is 2.30 bits per heavy atom. The first-order chi connectivity index (χ1) is 15.7. The smallest absolute Gasteiger partial charge is 0.312 e. The van der Waals surface area contributed by atoms with Crippen LogP contribution < -0.4 is 15.5 Å². The van der Waals surface area contributed by atoms with Gasteiger partial charge >= 0.3 is 5.69 Å². The van der Waals surface area contributed by atoms with Gasteiger partial charge in [0, 0.05) is 39.3 Å². The number of amides is 2. The van der Waals surface area contributed by atoms with Crippen molar-refractivity contribution >= 4 is 29.1 Å². The second-order valence-electron chi connectivity index (χ2n) is 9.73. The van der Waals surface area contributed by atoms with Crippen LogP contribution >= 0.6 is 0 Å². The van der Waals surface area contributed by atoms with Gasteiger partial charge in [0.2, 0.25) is 11.7 Å². The van der Waals surface area contributed by atoms with Crippen LogP contribution in [0.4, 0.5) is 17.3 Å². The molecule has 3 rings (SSSR count). The molecule has 33 heavy (non-hydrogen) atoms. The van der Waals surface area contributed by atoms with Crippen molar-refractivity contribution in [2.45, 2.75) is 58.4 Å². The molecule has 2 amide bonds. The lowest BCUT2D eigenvalue weighted by atomic mass is 9.87. The Hall–Kier alpha value is -2.91. The summed E-state index contributed by atoms with van der Waals surface area (Å²) in [4.78, 5) is 44.5. The van der Waals surface area contributed by atoms with Crippen molar-refractivity contribution in [2.24, 2.45) is 11.8 Å². The number of carbonyl (C=O) groups is 2. The first-order valence-electron chi connectivity index (χ1n) is 11.8. The van der Waals surface area contributed by atoms with E-state index in [0.29, 0.717) is 17.7 Å². The molecule has 0 spiro atoms. The molecule has 0 radical (unpaired) electrons. The highest BCUT2D eigenvalue weighted by Gasteiger charge is 2.30.